The Morgan fingerprint density at radius 1 is 0.292 bits per heavy atom. The van der Waals surface area contributed by atoms with E-state index in [1.807, 2.05) is 62.4 Å². The van der Waals surface area contributed by atoms with Crippen LogP contribution in [-0.4, -0.2) is 85.4 Å². The van der Waals surface area contributed by atoms with E-state index in [0.717, 1.165) is 22.3 Å². The molecule has 0 aliphatic heterocycles. The number of phenols is 2. The van der Waals surface area contributed by atoms with Crippen LogP contribution in [-0.2, 0) is 92.0 Å². The summed E-state index contributed by atoms with van der Waals surface area (Å²) in [6, 6.07) is 67.3. The number of ketones is 2. The molecule has 17 nitrogen and oxygen atoms in total. The number of carbonyl (C=O) groups is 4. The predicted octanol–water partition coefficient (Wildman–Crippen LogP) is 12.8. The Morgan fingerprint density at radius 3 is 0.875 bits per heavy atom. The number of phenolic OH excluding ortho intramolecular Hbond substituents is 2. The van der Waals surface area contributed by atoms with Gasteiger partial charge in [0.05, 0.1) is 55.4 Å². The standard InChI is InChI=1S/C46H38O8S.C28H26O9S2.C2H6/c47-39(29-35-9-7-11-37(25-35)31-45(49)53-41-13-3-1-4-14-41)27-33-17-21-43(22-18-33)55(51,52)44-23-19-34(20-24-44)28-40(48)30-36-10-8-12-38(26-36)32-46(50)54-42-15-5-2-6-16-42;29-21-1-9-25(10-2-21)38(31,32)27-13-5-23(6-14-27)36-19-17-35-18-20-37-24-7-15-28(16-8-24)39(33,34)26-11-3-22(30)4-12-26;1-2/h1-26H,27-32H2;1-16,29-30H,17-20H2;1-2H3. The van der Waals surface area contributed by atoms with Gasteiger partial charge in [0.25, 0.3) is 0 Å². The maximum absolute atomic E-state index is 13.4. The van der Waals surface area contributed by atoms with Gasteiger partial charge in [-0.3, -0.25) is 19.2 Å². The quantitative estimate of drug-likeness (QED) is 0.0262. The number of esters is 2. The van der Waals surface area contributed by atoms with Gasteiger partial charge < -0.3 is 33.9 Å². The largest absolute Gasteiger partial charge is 0.508 e. The fourth-order valence-electron chi connectivity index (χ4n) is 9.58. The first-order valence-corrected chi connectivity index (χ1v) is 35.0. The molecule has 0 unspecified atom stereocenters. The number of carbonyl (C=O) groups excluding carboxylic acids is 4. The van der Waals surface area contributed by atoms with Crippen LogP contribution < -0.4 is 18.9 Å². The molecule has 96 heavy (non-hydrogen) atoms. The second kappa shape index (κ2) is 34.6. The predicted molar refractivity (Wildman–Crippen MR) is 361 cm³/mol. The summed E-state index contributed by atoms with van der Waals surface area (Å²) in [6.07, 6.45) is 0.702. The van der Waals surface area contributed by atoms with Gasteiger partial charge in [-0.15, -0.1) is 0 Å². The lowest BCUT2D eigenvalue weighted by Crippen LogP contribution is -2.12. The Balaban J connectivity index is 0.000000253. The summed E-state index contributed by atoms with van der Waals surface area (Å²) in [5, 5.41) is 18.7. The van der Waals surface area contributed by atoms with E-state index in [1.54, 1.807) is 109 Å². The number of rotatable bonds is 28. The third-order valence-corrected chi connectivity index (χ3v) is 19.6. The second-order valence-electron chi connectivity index (χ2n) is 21.4. The van der Waals surface area contributed by atoms with Gasteiger partial charge in [0.1, 0.15) is 59.3 Å². The van der Waals surface area contributed by atoms with Crippen LogP contribution in [0, 0.1) is 0 Å². The zero-order valence-corrected chi connectivity index (χ0v) is 55.0. The van der Waals surface area contributed by atoms with Crippen LogP contribution >= 0.6 is 0 Å². The highest BCUT2D eigenvalue weighted by molar-refractivity contribution is 7.92. The van der Waals surface area contributed by atoms with Gasteiger partial charge in [0, 0.05) is 25.7 Å². The van der Waals surface area contributed by atoms with Crippen molar-refractivity contribution in [3.63, 3.8) is 0 Å². The average molecular weight is 1350 g/mol. The molecule has 0 bridgehead atoms. The van der Waals surface area contributed by atoms with Gasteiger partial charge in [0.2, 0.25) is 29.5 Å². The summed E-state index contributed by atoms with van der Waals surface area (Å²) in [4.78, 5) is 51.2. The average Bonchev–Trinajstić information content (AvgIpc) is 0.850. The molecule has 0 radical (unpaired) electrons. The van der Waals surface area contributed by atoms with Crippen LogP contribution in [0.3, 0.4) is 0 Å². The molecule has 0 aliphatic carbocycles. The number of para-hydroxylation sites is 2. The summed E-state index contributed by atoms with van der Waals surface area (Å²) in [5.41, 5.74) is 4.38. The third-order valence-electron chi connectivity index (χ3n) is 14.3. The van der Waals surface area contributed by atoms with E-state index in [4.69, 9.17) is 23.7 Å². The first kappa shape index (κ1) is 71.3. The summed E-state index contributed by atoms with van der Waals surface area (Å²) in [7, 11) is -11.2. The van der Waals surface area contributed by atoms with Crippen molar-refractivity contribution in [2.24, 2.45) is 0 Å². The van der Waals surface area contributed by atoms with Crippen LogP contribution in [0.15, 0.2) is 284 Å². The molecule has 0 atom stereocenters. The normalized spacial score (nSPS) is 11.1. The Hall–Kier alpha value is -10.5. The van der Waals surface area contributed by atoms with Gasteiger partial charge in [-0.05, 0) is 179 Å². The molecule has 20 heteroatoms. The van der Waals surface area contributed by atoms with E-state index in [0.29, 0.717) is 34.1 Å². The summed E-state index contributed by atoms with van der Waals surface area (Å²) in [6.45, 7) is 5.04. The minimum atomic E-state index is -3.84. The number of ether oxygens (including phenoxy) is 5. The molecule has 0 amide bonds. The van der Waals surface area contributed by atoms with Crippen LogP contribution in [0.4, 0.5) is 0 Å². The van der Waals surface area contributed by atoms with Crippen molar-refractivity contribution < 1.29 is 78.3 Å². The Kier molecular flexibility index (Phi) is 25.7. The van der Waals surface area contributed by atoms with Gasteiger partial charge >= 0.3 is 11.9 Å². The van der Waals surface area contributed by atoms with E-state index in [-0.39, 0.29) is 117 Å². The van der Waals surface area contributed by atoms with Crippen molar-refractivity contribution >= 4 is 53.0 Å². The van der Waals surface area contributed by atoms with E-state index >= 15 is 0 Å². The lowest BCUT2D eigenvalue weighted by atomic mass is 10.0. The molecule has 10 aromatic rings. The highest BCUT2D eigenvalue weighted by Gasteiger charge is 2.22. The Morgan fingerprint density at radius 2 is 0.562 bits per heavy atom. The molecule has 0 saturated heterocycles. The lowest BCUT2D eigenvalue weighted by molar-refractivity contribution is -0.134. The maximum atomic E-state index is 13.4. The molecule has 0 fully saturated rings. The highest BCUT2D eigenvalue weighted by atomic mass is 32.2. The number of benzene rings is 10. The van der Waals surface area contributed by atoms with Crippen molar-refractivity contribution in [1.82, 2.24) is 0 Å². The van der Waals surface area contributed by atoms with E-state index in [2.05, 4.69) is 0 Å². The van der Waals surface area contributed by atoms with Crippen molar-refractivity contribution in [2.45, 2.75) is 81.7 Å². The number of hydrogen-bond donors (Lipinski definition) is 2. The molecule has 2 N–H and O–H groups in total. The van der Waals surface area contributed by atoms with Gasteiger partial charge in [0.15, 0.2) is 0 Å². The molecule has 10 rings (SSSR count). The Bertz CT molecular complexity index is 4260. The van der Waals surface area contributed by atoms with Gasteiger partial charge in [-0.1, -0.05) is 123 Å². The van der Waals surface area contributed by atoms with Crippen molar-refractivity contribution in [1.29, 1.82) is 0 Å². The van der Waals surface area contributed by atoms with Crippen LogP contribution in [0.2, 0.25) is 0 Å². The first-order chi connectivity index (χ1) is 46.2. The van der Waals surface area contributed by atoms with Crippen LogP contribution in [0.1, 0.15) is 47.2 Å². The molecule has 0 saturated carbocycles. The third kappa shape index (κ3) is 21.3. The van der Waals surface area contributed by atoms with Crippen molar-refractivity contribution in [2.75, 3.05) is 26.4 Å². The highest BCUT2D eigenvalue weighted by Crippen LogP contribution is 2.28. The summed E-state index contributed by atoms with van der Waals surface area (Å²) < 4.78 is 105. The number of Topliss-reactive ketones (excluding diaryl/α,β-unsaturated/α-hetero) is 2. The lowest BCUT2D eigenvalue weighted by Gasteiger charge is -2.10. The molecule has 0 aliphatic rings. The fraction of sp³-hybridized carbons (Fsp3) is 0.158. The molecule has 0 spiro atoms. The Labute approximate surface area is 558 Å². The SMILES string of the molecule is CC.O=C(Cc1ccc(S(=O)(=O)c2ccc(CC(=O)Cc3cccc(CC(=O)Oc4ccccc4)c3)cc2)cc1)Cc1cccc(CC(=O)Oc2ccccc2)c1.O=S(=O)(c1ccc(O)cc1)c1ccc(OCCOCCOc2ccc(S(=O)(=O)c3ccc(O)cc3)cc2)cc1. The van der Waals surface area contributed by atoms with Crippen LogP contribution in [0.5, 0.6) is 34.5 Å². The first-order valence-electron chi connectivity index (χ1n) is 30.5. The molecule has 0 aromatic heterocycles. The monoisotopic (exact) mass is 1350 g/mol. The second-order valence-corrected chi connectivity index (χ2v) is 27.2. The smallest absolute Gasteiger partial charge is 0.315 e. The van der Waals surface area contributed by atoms with Gasteiger partial charge in [-0.25, -0.2) is 25.3 Å². The van der Waals surface area contributed by atoms with E-state index in [9.17, 15) is 54.6 Å². The number of hydrogen-bond acceptors (Lipinski definition) is 17. The maximum Gasteiger partial charge on any atom is 0.315 e. The zero-order valence-electron chi connectivity index (χ0n) is 52.6. The van der Waals surface area contributed by atoms with E-state index < -0.39 is 41.5 Å². The minimum absolute atomic E-state index is 0.0130. The molecule has 0 heterocycles. The molecule has 494 valence electrons. The zero-order chi connectivity index (χ0) is 68.5. The fourth-order valence-corrected chi connectivity index (χ4v) is 13.4. The minimum Gasteiger partial charge on any atom is -0.508 e. The molecular weight excluding hydrogens is 1280 g/mol. The van der Waals surface area contributed by atoms with Crippen molar-refractivity contribution in [3.8, 4) is 34.5 Å². The summed E-state index contributed by atoms with van der Waals surface area (Å²) >= 11 is 0. The summed E-state index contributed by atoms with van der Waals surface area (Å²) in [5.74, 6) is 0.987. The topological polar surface area (TPSA) is 257 Å². The van der Waals surface area contributed by atoms with Crippen LogP contribution in [0.25, 0.3) is 0 Å². The number of aromatic hydroxyl groups is 2. The van der Waals surface area contributed by atoms with E-state index in [1.165, 1.54) is 97.1 Å². The molecular formula is C76H70O17S3. The molecule has 10 aromatic carbocycles. The van der Waals surface area contributed by atoms with Gasteiger partial charge in [-0.2, -0.15) is 0 Å². The number of sulfone groups is 3. The van der Waals surface area contributed by atoms with Crippen molar-refractivity contribution in [3.05, 3.63) is 288 Å².